The van der Waals surface area contributed by atoms with Crippen LogP contribution < -0.4 is 9.47 Å². The summed E-state index contributed by atoms with van der Waals surface area (Å²) >= 11 is 0. The first-order chi connectivity index (χ1) is 14.9. The lowest BCUT2D eigenvalue weighted by Crippen LogP contribution is -1.98. The molecule has 3 aromatic carbocycles. The van der Waals surface area contributed by atoms with Crippen molar-refractivity contribution in [2.75, 3.05) is 0 Å². The van der Waals surface area contributed by atoms with Crippen molar-refractivity contribution in [1.29, 1.82) is 0 Å². The minimum absolute atomic E-state index is 0.0337. The molecule has 156 valence electrons. The Labute approximate surface area is 179 Å². The maximum Gasteiger partial charge on any atom is 0.269 e. The smallest absolute Gasteiger partial charge is 0.269 e. The van der Waals surface area contributed by atoms with Gasteiger partial charge in [0.05, 0.1) is 10.5 Å². The third-order valence-corrected chi connectivity index (χ3v) is 5.09. The summed E-state index contributed by atoms with van der Waals surface area (Å²) in [6.07, 6.45) is 1.74. The van der Waals surface area contributed by atoms with E-state index in [2.05, 4.69) is 13.8 Å². The van der Waals surface area contributed by atoms with Gasteiger partial charge in [-0.05, 0) is 52.9 Å². The first-order valence-electron chi connectivity index (χ1n) is 9.95. The maximum absolute atomic E-state index is 12.7. The molecule has 6 heteroatoms. The van der Waals surface area contributed by atoms with Crippen LogP contribution in [0.25, 0.3) is 6.08 Å². The van der Waals surface area contributed by atoms with Gasteiger partial charge < -0.3 is 9.47 Å². The zero-order valence-electron chi connectivity index (χ0n) is 17.2. The Morgan fingerprint density at radius 3 is 2.39 bits per heavy atom. The van der Waals surface area contributed by atoms with Gasteiger partial charge in [0.1, 0.15) is 18.1 Å². The quantitative estimate of drug-likeness (QED) is 0.284. The van der Waals surface area contributed by atoms with E-state index in [-0.39, 0.29) is 23.8 Å². The number of ether oxygens (including phenoxy) is 2. The van der Waals surface area contributed by atoms with E-state index in [1.165, 1.54) is 17.7 Å². The molecular formula is C25H21NO5. The highest BCUT2D eigenvalue weighted by Gasteiger charge is 2.27. The normalized spacial score (nSPS) is 13.9. The summed E-state index contributed by atoms with van der Waals surface area (Å²) in [5.74, 6) is 1.56. The SMILES string of the molecule is CC(C)c1ccc(C=C2Oc3cc(OCc4ccc([N+](=O)[O-])cc4)ccc3C2=O)cc1. The molecule has 0 spiro atoms. The molecule has 0 amide bonds. The van der Waals surface area contributed by atoms with Gasteiger partial charge in [-0.2, -0.15) is 0 Å². The average Bonchev–Trinajstić information content (AvgIpc) is 3.07. The summed E-state index contributed by atoms with van der Waals surface area (Å²) in [5.41, 5.74) is 3.46. The van der Waals surface area contributed by atoms with Gasteiger partial charge in [0.25, 0.3) is 5.69 Å². The van der Waals surface area contributed by atoms with E-state index in [1.807, 2.05) is 24.3 Å². The van der Waals surface area contributed by atoms with Crippen molar-refractivity contribution in [2.45, 2.75) is 26.4 Å². The fourth-order valence-corrected chi connectivity index (χ4v) is 3.27. The molecule has 6 nitrogen and oxygen atoms in total. The monoisotopic (exact) mass is 415 g/mol. The van der Waals surface area contributed by atoms with E-state index in [1.54, 1.807) is 36.4 Å². The highest BCUT2D eigenvalue weighted by atomic mass is 16.6. The Bertz CT molecular complexity index is 1160. The van der Waals surface area contributed by atoms with Crippen LogP contribution in [0.15, 0.2) is 72.5 Å². The predicted molar refractivity (Wildman–Crippen MR) is 117 cm³/mol. The molecule has 0 fully saturated rings. The zero-order valence-corrected chi connectivity index (χ0v) is 17.2. The molecule has 0 radical (unpaired) electrons. The van der Waals surface area contributed by atoms with Crippen molar-refractivity contribution in [2.24, 2.45) is 0 Å². The molecule has 0 bridgehead atoms. The van der Waals surface area contributed by atoms with E-state index in [0.29, 0.717) is 23.0 Å². The second kappa shape index (κ2) is 8.44. The number of fused-ring (bicyclic) bond motifs is 1. The first kappa shape index (κ1) is 20.3. The molecule has 0 saturated carbocycles. The number of Topliss-reactive ketones (excluding diaryl/α,β-unsaturated/α-hetero) is 1. The lowest BCUT2D eigenvalue weighted by Gasteiger charge is -2.07. The Hall–Kier alpha value is -3.93. The lowest BCUT2D eigenvalue weighted by molar-refractivity contribution is -0.384. The Kier molecular flexibility index (Phi) is 5.54. The summed E-state index contributed by atoms with van der Waals surface area (Å²) in [7, 11) is 0. The number of carbonyl (C=O) groups excluding carboxylic acids is 1. The van der Waals surface area contributed by atoms with Gasteiger partial charge in [0.15, 0.2) is 5.76 Å². The third kappa shape index (κ3) is 4.48. The van der Waals surface area contributed by atoms with E-state index in [9.17, 15) is 14.9 Å². The van der Waals surface area contributed by atoms with Crippen molar-refractivity contribution in [3.63, 3.8) is 0 Å². The van der Waals surface area contributed by atoms with Crippen molar-refractivity contribution in [3.05, 3.63) is 105 Å². The summed E-state index contributed by atoms with van der Waals surface area (Å²) in [6, 6.07) is 19.3. The number of rotatable bonds is 6. The number of hydrogen-bond donors (Lipinski definition) is 0. The molecule has 1 heterocycles. The van der Waals surface area contributed by atoms with Crippen LogP contribution in [-0.4, -0.2) is 10.7 Å². The van der Waals surface area contributed by atoms with Crippen LogP contribution >= 0.6 is 0 Å². The molecule has 0 aliphatic carbocycles. The summed E-state index contributed by atoms with van der Waals surface area (Å²) < 4.78 is 11.6. The number of nitro groups is 1. The largest absolute Gasteiger partial charge is 0.489 e. The summed E-state index contributed by atoms with van der Waals surface area (Å²) in [4.78, 5) is 23.0. The molecule has 0 atom stereocenters. The van der Waals surface area contributed by atoms with E-state index in [4.69, 9.17) is 9.47 Å². The molecule has 0 aromatic heterocycles. The first-order valence-corrected chi connectivity index (χ1v) is 9.95. The van der Waals surface area contributed by atoms with Gasteiger partial charge in [0.2, 0.25) is 5.78 Å². The van der Waals surface area contributed by atoms with Gasteiger partial charge in [-0.25, -0.2) is 0 Å². The standard InChI is InChI=1S/C25H21NO5/c1-16(2)19-7-3-17(4-8-19)13-24-25(27)22-12-11-21(14-23(22)31-24)30-15-18-5-9-20(10-6-18)26(28)29/h3-14,16H,15H2,1-2H3. The molecule has 3 aromatic rings. The Morgan fingerprint density at radius 2 is 1.74 bits per heavy atom. The summed E-state index contributed by atoms with van der Waals surface area (Å²) in [5, 5.41) is 10.7. The second-order valence-electron chi connectivity index (χ2n) is 7.63. The van der Waals surface area contributed by atoms with Crippen LogP contribution in [0.2, 0.25) is 0 Å². The Balaban J connectivity index is 1.45. The highest BCUT2D eigenvalue weighted by molar-refractivity contribution is 6.14. The lowest BCUT2D eigenvalue weighted by atomic mass is 10.0. The number of nitro benzene ring substituents is 1. The van der Waals surface area contributed by atoms with Gasteiger partial charge in [0, 0.05) is 18.2 Å². The van der Waals surface area contributed by atoms with Crippen LogP contribution in [0.5, 0.6) is 11.5 Å². The third-order valence-electron chi connectivity index (χ3n) is 5.09. The van der Waals surface area contributed by atoms with Crippen molar-refractivity contribution in [1.82, 2.24) is 0 Å². The zero-order chi connectivity index (χ0) is 22.0. The number of allylic oxidation sites excluding steroid dienone is 1. The number of nitrogens with zero attached hydrogens (tertiary/aromatic N) is 1. The van der Waals surface area contributed by atoms with Gasteiger partial charge >= 0.3 is 0 Å². The minimum Gasteiger partial charge on any atom is -0.489 e. The number of benzene rings is 3. The molecule has 0 N–H and O–H groups in total. The predicted octanol–water partition coefficient (Wildman–Crippen LogP) is 5.91. The number of carbonyl (C=O) groups is 1. The molecular weight excluding hydrogens is 394 g/mol. The van der Waals surface area contributed by atoms with E-state index < -0.39 is 4.92 Å². The van der Waals surface area contributed by atoms with Crippen LogP contribution in [0.4, 0.5) is 5.69 Å². The fraction of sp³-hybridized carbons (Fsp3) is 0.160. The molecule has 1 aliphatic rings. The summed E-state index contributed by atoms with van der Waals surface area (Å²) in [6.45, 7) is 4.51. The number of ketones is 1. The van der Waals surface area contributed by atoms with Crippen molar-refractivity contribution >= 4 is 17.5 Å². The van der Waals surface area contributed by atoms with E-state index >= 15 is 0 Å². The molecule has 0 unspecified atom stereocenters. The minimum atomic E-state index is -0.441. The van der Waals surface area contributed by atoms with Gasteiger partial charge in [-0.3, -0.25) is 14.9 Å². The highest BCUT2D eigenvalue weighted by Crippen LogP contribution is 2.35. The average molecular weight is 415 g/mol. The van der Waals surface area contributed by atoms with Gasteiger partial charge in [-0.15, -0.1) is 0 Å². The van der Waals surface area contributed by atoms with Crippen molar-refractivity contribution in [3.8, 4) is 11.5 Å². The van der Waals surface area contributed by atoms with Crippen LogP contribution in [-0.2, 0) is 6.61 Å². The second-order valence-corrected chi connectivity index (χ2v) is 7.63. The van der Waals surface area contributed by atoms with E-state index in [0.717, 1.165) is 11.1 Å². The van der Waals surface area contributed by atoms with Gasteiger partial charge in [-0.1, -0.05) is 38.1 Å². The molecule has 0 saturated heterocycles. The topological polar surface area (TPSA) is 78.7 Å². The molecule has 4 rings (SSSR count). The van der Waals surface area contributed by atoms with Crippen LogP contribution in [0, 0.1) is 10.1 Å². The number of non-ortho nitro benzene ring substituents is 1. The fourth-order valence-electron chi connectivity index (χ4n) is 3.27. The Morgan fingerprint density at radius 1 is 1.03 bits per heavy atom. The maximum atomic E-state index is 12.7. The van der Waals surface area contributed by atoms with Crippen LogP contribution in [0.3, 0.4) is 0 Å². The number of hydrogen-bond acceptors (Lipinski definition) is 5. The van der Waals surface area contributed by atoms with Crippen molar-refractivity contribution < 1.29 is 19.2 Å². The van der Waals surface area contributed by atoms with Crippen LogP contribution in [0.1, 0.15) is 46.8 Å². The molecule has 31 heavy (non-hydrogen) atoms. The molecule has 1 aliphatic heterocycles.